The number of aromatic amines is 1. The van der Waals surface area contributed by atoms with Crippen molar-refractivity contribution in [3.63, 3.8) is 0 Å². The number of para-hydroxylation sites is 1. The molecule has 0 atom stereocenters. The Labute approximate surface area is 172 Å². The van der Waals surface area contributed by atoms with Crippen molar-refractivity contribution in [1.29, 1.82) is 0 Å². The van der Waals surface area contributed by atoms with Crippen LogP contribution in [0.5, 0.6) is 0 Å². The van der Waals surface area contributed by atoms with Crippen LogP contribution in [0.4, 0.5) is 15.8 Å². The number of fused-ring (bicyclic) bond motifs is 1. The molecule has 0 unspecified atom stereocenters. The van der Waals surface area contributed by atoms with E-state index in [1.807, 2.05) is 6.07 Å². The number of hydrogen-bond donors (Lipinski definition) is 3. The zero-order valence-corrected chi connectivity index (χ0v) is 16.6. The molecule has 1 amide bonds. The summed E-state index contributed by atoms with van der Waals surface area (Å²) in [6.45, 7) is 1.70. The molecular formula is C21H17FN4O3S. The quantitative estimate of drug-likeness (QED) is 0.449. The average molecular weight is 424 g/mol. The molecule has 0 aliphatic carbocycles. The summed E-state index contributed by atoms with van der Waals surface area (Å²) >= 11 is 0. The van der Waals surface area contributed by atoms with Crippen LogP contribution < -0.4 is 10.0 Å². The molecule has 152 valence electrons. The largest absolute Gasteiger partial charge is 0.346 e. The lowest BCUT2D eigenvalue weighted by atomic mass is 10.1. The minimum atomic E-state index is -4.09. The van der Waals surface area contributed by atoms with Gasteiger partial charge < -0.3 is 10.3 Å². The molecule has 9 heteroatoms. The van der Waals surface area contributed by atoms with E-state index in [1.165, 1.54) is 42.6 Å². The molecule has 2 heterocycles. The third kappa shape index (κ3) is 3.87. The number of aromatic nitrogens is 2. The van der Waals surface area contributed by atoms with E-state index in [4.69, 9.17) is 0 Å². The molecule has 0 fully saturated rings. The van der Waals surface area contributed by atoms with Crippen molar-refractivity contribution in [3.8, 4) is 0 Å². The molecule has 7 nitrogen and oxygen atoms in total. The normalized spacial score (nSPS) is 11.4. The summed E-state index contributed by atoms with van der Waals surface area (Å²) in [6.07, 6.45) is 3.25. The van der Waals surface area contributed by atoms with Crippen molar-refractivity contribution >= 4 is 38.3 Å². The molecule has 4 rings (SSSR count). The monoisotopic (exact) mass is 424 g/mol. The Morgan fingerprint density at radius 1 is 1.10 bits per heavy atom. The number of anilines is 2. The van der Waals surface area contributed by atoms with E-state index in [0.29, 0.717) is 16.9 Å². The third-order valence-electron chi connectivity index (χ3n) is 4.54. The number of nitrogens with one attached hydrogen (secondary N) is 3. The van der Waals surface area contributed by atoms with Crippen LogP contribution in [-0.4, -0.2) is 24.3 Å². The fourth-order valence-electron chi connectivity index (χ4n) is 2.97. The van der Waals surface area contributed by atoms with E-state index < -0.39 is 21.7 Å². The number of sulfonamides is 1. The molecule has 0 saturated carbocycles. The molecule has 30 heavy (non-hydrogen) atoms. The Hall–Kier alpha value is -3.72. The first-order chi connectivity index (χ1) is 14.3. The number of H-pyrrole nitrogens is 1. The standard InChI is InChI=1S/C21H17FN4O3S/c1-13-6-7-16(30(28,29)26-19-5-3-2-4-18(19)22)11-17(13)21(27)25-15-10-14-8-9-23-20(14)24-12-15/h2-12,26H,1H3,(H,23,24)(H,25,27). The SMILES string of the molecule is Cc1ccc(S(=O)(=O)Nc2ccccc2F)cc1C(=O)Nc1cnc2[nH]ccc2c1. The van der Waals surface area contributed by atoms with Gasteiger partial charge in [0.05, 0.1) is 22.5 Å². The second-order valence-electron chi connectivity index (χ2n) is 6.66. The highest BCUT2D eigenvalue weighted by molar-refractivity contribution is 7.92. The maximum Gasteiger partial charge on any atom is 0.262 e. The Balaban J connectivity index is 1.62. The molecule has 0 spiro atoms. The summed E-state index contributed by atoms with van der Waals surface area (Å²) in [6, 6.07) is 13.2. The van der Waals surface area contributed by atoms with Crippen molar-refractivity contribution in [3.05, 3.63) is 83.9 Å². The van der Waals surface area contributed by atoms with Gasteiger partial charge in [-0.05, 0) is 48.9 Å². The van der Waals surface area contributed by atoms with Crippen LogP contribution >= 0.6 is 0 Å². The van der Waals surface area contributed by atoms with E-state index in [2.05, 4.69) is 20.0 Å². The van der Waals surface area contributed by atoms with Crippen molar-refractivity contribution in [1.82, 2.24) is 9.97 Å². The van der Waals surface area contributed by atoms with Crippen molar-refractivity contribution < 1.29 is 17.6 Å². The topological polar surface area (TPSA) is 104 Å². The number of nitrogens with zero attached hydrogens (tertiary/aromatic N) is 1. The molecular weight excluding hydrogens is 407 g/mol. The number of amides is 1. The Bertz CT molecular complexity index is 1370. The minimum Gasteiger partial charge on any atom is -0.346 e. The van der Waals surface area contributed by atoms with Crippen molar-refractivity contribution in [2.75, 3.05) is 10.0 Å². The van der Waals surface area contributed by atoms with Crippen molar-refractivity contribution in [2.24, 2.45) is 0 Å². The van der Waals surface area contributed by atoms with Gasteiger partial charge >= 0.3 is 0 Å². The molecule has 0 aliphatic rings. The van der Waals surface area contributed by atoms with E-state index in [-0.39, 0.29) is 16.1 Å². The van der Waals surface area contributed by atoms with Gasteiger partial charge in [0.1, 0.15) is 11.5 Å². The lowest BCUT2D eigenvalue weighted by molar-refractivity contribution is 0.102. The predicted molar refractivity (Wildman–Crippen MR) is 112 cm³/mol. The highest BCUT2D eigenvalue weighted by Gasteiger charge is 2.19. The van der Waals surface area contributed by atoms with Gasteiger partial charge in [0.15, 0.2) is 0 Å². The molecule has 2 aromatic heterocycles. The second-order valence-corrected chi connectivity index (χ2v) is 8.34. The number of carbonyl (C=O) groups excluding carboxylic acids is 1. The number of carbonyl (C=O) groups is 1. The van der Waals surface area contributed by atoms with Crippen LogP contribution in [0.25, 0.3) is 11.0 Å². The summed E-state index contributed by atoms with van der Waals surface area (Å²) < 4.78 is 41.4. The Kier molecular flexibility index (Phi) is 4.96. The van der Waals surface area contributed by atoms with Gasteiger partial charge in [-0.1, -0.05) is 18.2 Å². The van der Waals surface area contributed by atoms with Gasteiger partial charge in [-0.3, -0.25) is 9.52 Å². The minimum absolute atomic E-state index is 0.152. The number of hydrogen-bond acceptors (Lipinski definition) is 4. The Morgan fingerprint density at radius 2 is 1.90 bits per heavy atom. The molecule has 0 saturated heterocycles. The zero-order chi connectivity index (χ0) is 21.3. The lowest BCUT2D eigenvalue weighted by Gasteiger charge is -2.12. The summed E-state index contributed by atoms with van der Waals surface area (Å²) in [5, 5.41) is 3.56. The lowest BCUT2D eigenvalue weighted by Crippen LogP contribution is -2.17. The van der Waals surface area contributed by atoms with Crippen LogP contribution in [-0.2, 0) is 10.0 Å². The average Bonchev–Trinajstić information content (AvgIpc) is 3.17. The number of halogens is 1. The van der Waals surface area contributed by atoms with Gasteiger partial charge in [0, 0.05) is 17.1 Å². The van der Waals surface area contributed by atoms with Crippen LogP contribution in [0.2, 0.25) is 0 Å². The molecule has 0 radical (unpaired) electrons. The van der Waals surface area contributed by atoms with Gasteiger partial charge in [0.25, 0.3) is 15.9 Å². The predicted octanol–water partition coefficient (Wildman–Crippen LogP) is 4.06. The highest BCUT2D eigenvalue weighted by atomic mass is 32.2. The van der Waals surface area contributed by atoms with Crippen LogP contribution in [0.3, 0.4) is 0 Å². The summed E-state index contributed by atoms with van der Waals surface area (Å²) in [5.41, 5.74) is 1.77. The Morgan fingerprint density at radius 3 is 2.70 bits per heavy atom. The fraction of sp³-hybridized carbons (Fsp3) is 0.0476. The van der Waals surface area contributed by atoms with Gasteiger partial charge in [0.2, 0.25) is 0 Å². The van der Waals surface area contributed by atoms with E-state index >= 15 is 0 Å². The maximum absolute atomic E-state index is 13.8. The van der Waals surface area contributed by atoms with Gasteiger partial charge in [-0.2, -0.15) is 0 Å². The van der Waals surface area contributed by atoms with E-state index in [0.717, 1.165) is 11.5 Å². The third-order valence-corrected chi connectivity index (χ3v) is 5.90. The summed E-state index contributed by atoms with van der Waals surface area (Å²) in [5.74, 6) is -1.18. The molecule has 0 bridgehead atoms. The van der Waals surface area contributed by atoms with E-state index in [9.17, 15) is 17.6 Å². The molecule has 2 aromatic carbocycles. The van der Waals surface area contributed by atoms with Crippen LogP contribution in [0.15, 0.2) is 71.9 Å². The number of benzene rings is 2. The smallest absolute Gasteiger partial charge is 0.262 e. The number of rotatable bonds is 5. The first kappa shape index (κ1) is 19.6. The first-order valence-corrected chi connectivity index (χ1v) is 10.4. The van der Waals surface area contributed by atoms with Gasteiger partial charge in [-0.25, -0.2) is 17.8 Å². The van der Waals surface area contributed by atoms with E-state index in [1.54, 1.807) is 19.2 Å². The number of aryl methyl sites for hydroxylation is 1. The summed E-state index contributed by atoms with van der Waals surface area (Å²) in [7, 11) is -4.09. The van der Waals surface area contributed by atoms with Crippen molar-refractivity contribution in [2.45, 2.75) is 11.8 Å². The van der Waals surface area contributed by atoms with Gasteiger partial charge in [-0.15, -0.1) is 0 Å². The first-order valence-electron chi connectivity index (χ1n) is 8.96. The van der Waals surface area contributed by atoms with Crippen LogP contribution in [0, 0.1) is 12.7 Å². The molecule has 0 aliphatic heterocycles. The number of pyridine rings is 1. The second kappa shape index (κ2) is 7.60. The summed E-state index contributed by atoms with van der Waals surface area (Å²) in [4.78, 5) is 19.8. The fourth-order valence-corrected chi connectivity index (χ4v) is 4.06. The zero-order valence-electron chi connectivity index (χ0n) is 15.8. The maximum atomic E-state index is 13.8. The van der Waals surface area contributed by atoms with Crippen LogP contribution in [0.1, 0.15) is 15.9 Å². The molecule has 3 N–H and O–H groups in total. The molecule has 4 aromatic rings. The highest BCUT2D eigenvalue weighted by Crippen LogP contribution is 2.22.